The van der Waals surface area contributed by atoms with Gasteiger partial charge in [-0.1, -0.05) is 137 Å². The SMILES string of the molecule is CCCCCCc1ccc(C2(c3ccc(CCCCCC)cc3)c3c[c]ccc3-c3ccccc32)cc1. The molecule has 1 aliphatic carbocycles. The van der Waals surface area contributed by atoms with Gasteiger partial charge in [0, 0.05) is 0 Å². The van der Waals surface area contributed by atoms with E-state index in [0.717, 1.165) is 0 Å². The highest BCUT2D eigenvalue weighted by Gasteiger charge is 2.45. The fourth-order valence-electron chi connectivity index (χ4n) is 6.31. The summed E-state index contributed by atoms with van der Waals surface area (Å²) in [6.45, 7) is 4.56. The van der Waals surface area contributed by atoms with Crippen LogP contribution in [0.4, 0.5) is 0 Å². The third-order valence-corrected chi connectivity index (χ3v) is 8.30. The second-order valence-electron chi connectivity index (χ2n) is 10.8. The number of fused-ring (bicyclic) bond motifs is 3. The van der Waals surface area contributed by atoms with Crippen molar-refractivity contribution in [3.05, 3.63) is 130 Å². The van der Waals surface area contributed by atoms with Crippen molar-refractivity contribution in [2.75, 3.05) is 0 Å². The van der Waals surface area contributed by atoms with Crippen molar-refractivity contribution in [3.8, 4) is 11.1 Å². The van der Waals surface area contributed by atoms with Gasteiger partial charge in [-0.2, -0.15) is 0 Å². The highest BCUT2D eigenvalue weighted by molar-refractivity contribution is 5.86. The molecule has 0 spiro atoms. The van der Waals surface area contributed by atoms with Crippen molar-refractivity contribution in [3.63, 3.8) is 0 Å². The third-order valence-electron chi connectivity index (χ3n) is 8.30. The second kappa shape index (κ2) is 12.0. The zero-order chi connectivity index (χ0) is 25.5. The number of benzene rings is 4. The van der Waals surface area contributed by atoms with Crippen LogP contribution in [0.2, 0.25) is 0 Å². The normalized spacial score (nSPS) is 13.4. The molecule has 0 saturated carbocycles. The Morgan fingerprint density at radius 3 is 1.65 bits per heavy atom. The van der Waals surface area contributed by atoms with E-state index in [-0.39, 0.29) is 5.41 Å². The summed E-state index contributed by atoms with van der Waals surface area (Å²) in [7, 11) is 0. The Morgan fingerprint density at radius 1 is 0.541 bits per heavy atom. The molecule has 1 radical (unpaired) electrons. The quantitative estimate of drug-likeness (QED) is 0.154. The Labute approximate surface area is 224 Å². The van der Waals surface area contributed by atoms with Gasteiger partial charge in [-0.15, -0.1) is 0 Å². The van der Waals surface area contributed by atoms with Gasteiger partial charge in [0.25, 0.3) is 0 Å². The number of hydrogen-bond acceptors (Lipinski definition) is 0. The maximum absolute atomic E-state index is 3.42. The van der Waals surface area contributed by atoms with Crippen molar-refractivity contribution in [2.45, 2.75) is 83.5 Å². The van der Waals surface area contributed by atoms with Crippen molar-refractivity contribution >= 4 is 0 Å². The Hall–Kier alpha value is -3.12. The molecule has 1 aliphatic rings. The molecule has 0 atom stereocenters. The Balaban J connectivity index is 1.57. The van der Waals surface area contributed by atoms with E-state index < -0.39 is 0 Å². The third kappa shape index (κ3) is 5.04. The van der Waals surface area contributed by atoms with E-state index in [4.69, 9.17) is 0 Å². The van der Waals surface area contributed by atoms with Gasteiger partial charge in [-0.25, -0.2) is 0 Å². The van der Waals surface area contributed by atoms with Crippen LogP contribution in [0.5, 0.6) is 0 Å². The van der Waals surface area contributed by atoms with Crippen molar-refractivity contribution in [1.82, 2.24) is 0 Å². The van der Waals surface area contributed by atoms with Crippen molar-refractivity contribution < 1.29 is 0 Å². The molecule has 0 fully saturated rings. The van der Waals surface area contributed by atoms with E-state index >= 15 is 0 Å². The van der Waals surface area contributed by atoms with Gasteiger partial charge >= 0.3 is 0 Å². The maximum atomic E-state index is 3.42. The minimum atomic E-state index is -0.314. The first-order valence-electron chi connectivity index (χ1n) is 14.6. The summed E-state index contributed by atoms with van der Waals surface area (Å²) in [6.07, 6.45) is 12.8. The van der Waals surface area contributed by atoms with E-state index in [9.17, 15) is 0 Å². The smallest absolute Gasteiger partial charge is 0.0654 e. The number of aryl methyl sites for hydroxylation is 2. The highest BCUT2D eigenvalue weighted by Crippen LogP contribution is 2.55. The van der Waals surface area contributed by atoms with Crippen LogP contribution >= 0.6 is 0 Å². The van der Waals surface area contributed by atoms with Gasteiger partial charge in [0.15, 0.2) is 0 Å². The lowest BCUT2D eigenvalue weighted by atomic mass is 9.67. The average molecular weight is 486 g/mol. The van der Waals surface area contributed by atoms with E-state index in [1.165, 1.54) is 109 Å². The van der Waals surface area contributed by atoms with Crippen molar-refractivity contribution in [2.24, 2.45) is 0 Å². The van der Waals surface area contributed by atoms with E-state index in [1.54, 1.807) is 0 Å². The Kier molecular flexibility index (Phi) is 8.24. The molecule has 0 nitrogen and oxygen atoms in total. The van der Waals surface area contributed by atoms with Crippen LogP contribution in [0.1, 0.15) is 98.6 Å². The first kappa shape index (κ1) is 25.5. The first-order valence-corrected chi connectivity index (χ1v) is 14.6. The van der Waals surface area contributed by atoms with Crippen molar-refractivity contribution in [1.29, 1.82) is 0 Å². The van der Waals surface area contributed by atoms with Gasteiger partial charge in [0.05, 0.1) is 5.41 Å². The first-order chi connectivity index (χ1) is 18.3. The molecule has 5 rings (SSSR count). The summed E-state index contributed by atoms with van der Waals surface area (Å²) < 4.78 is 0. The zero-order valence-electron chi connectivity index (χ0n) is 22.7. The predicted molar refractivity (Wildman–Crippen MR) is 158 cm³/mol. The van der Waals surface area contributed by atoms with E-state index in [1.807, 2.05) is 0 Å². The molecular weight excluding hydrogens is 444 g/mol. The van der Waals surface area contributed by atoms with Crippen LogP contribution in [-0.2, 0) is 18.3 Å². The molecule has 4 aromatic rings. The molecule has 0 N–H and O–H groups in total. The minimum Gasteiger partial charge on any atom is -0.0654 e. The molecule has 0 aromatic heterocycles. The van der Waals surface area contributed by atoms with Crippen LogP contribution < -0.4 is 0 Å². The molecule has 0 heteroatoms. The predicted octanol–water partition coefficient (Wildman–Crippen LogP) is 10.1. The second-order valence-corrected chi connectivity index (χ2v) is 10.8. The van der Waals surface area contributed by atoms with Gasteiger partial charge in [0.2, 0.25) is 0 Å². The largest absolute Gasteiger partial charge is 0.0713 e. The van der Waals surface area contributed by atoms with Gasteiger partial charge in [0.1, 0.15) is 0 Å². The summed E-state index contributed by atoms with van der Waals surface area (Å²) in [4.78, 5) is 0. The van der Waals surface area contributed by atoms with Gasteiger partial charge in [-0.05, 0) is 82.3 Å². The lowest BCUT2D eigenvalue weighted by molar-refractivity contribution is 0.666. The Bertz CT molecular complexity index is 1170. The monoisotopic (exact) mass is 485 g/mol. The number of rotatable bonds is 12. The highest BCUT2D eigenvalue weighted by atomic mass is 14.5. The average Bonchev–Trinajstić information content (AvgIpc) is 3.25. The lowest BCUT2D eigenvalue weighted by Gasteiger charge is -2.34. The summed E-state index contributed by atoms with van der Waals surface area (Å²) in [5.41, 5.74) is 10.7. The molecule has 0 heterocycles. The minimum absolute atomic E-state index is 0.314. The molecule has 0 saturated heterocycles. The van der Waals surface area contributed by atoms with Crippen LogP contribution in [0.3, 0.4) is 0 Å². The van der Waals surface area contributed by atoms with Gasteiger partial charge < -0.3 is 0 Å². The van der Waals surface area contributed by atoms with Crippen LogP contribution in [-0.4, -0.2) is 0 Å². The van der Waals surface area contributed by atoms with Crippen LogP contribution in [0, 0.1) is 6.07 Å². The fraction of sp³-hybridized carbons (Fsp3) is 0.351. The molecule has 189 valence electrons. The number of hydrogen-bond donors (Lipinski definition) is 0. The molecule has 0 unspecified atom stereocenters. The molecule has 0 bridgehead atoms. The topological polar surface area (TPSA) is 0 Å². The standard InChI is InChI=1S/C37H41/c1-3-5-7-9-15-29-21-25-31(26-22-29)37(32-27-23-30(24-28-32)16-10-8-6-4-2)35-19-13-11-17-33(35)34-18-12-14-20-36(34)37/h11-13,17-28H,3-10,15-16H2,1-2H3. The molecule has 0 aliphatic heterocycles. The Morgan fingerprint density at radius 2 is 1.08 bits per heavy atom. The molecule has 0 amide bonds. The molecule has 37 heavy (non-hydrogen) atoms. The summed E-state index contributed by atoms with van der Waals surface area (Å²) in [5, 5.41) is 0. The zero-order valence-corrected chi connectivity index (χ0v) is 22.7. The van der Waals surface area contributed by atoms with E-state index in [0.29, 0.717) is 0 Å². The van der Waals surface area contributed by atoms with Gasteiger partial charge in [-0.3, -0.25) is 0 Å². The molecule has 4 aromatic carbocycles. The van der Waals surface area contributed by atoms with Crippen LogP contribution in [0.15, 0.2) is 91.0 Å². The fourth-order valence-corrected chi connectivity index (χ4v) is 6.31. The van der Waals surface area contributed by atoms with Crippen LogP contribution in [0.25, 0.3) is 11.1 Å². The number of unbranched alkanes of at least 4 members (excludes halogenated alkanes) is 6. The molecular formula is C37H41. The lowest BCUT2D eigenvalue weighted by Crippen LogP contribution is -2.28. The summed E-state index contributed by atoms with van der Waals surface area (Å²) in [6, 6.07) is 38.0. The van der Waals surface area contributed by atoms with E-state index in [2.05, 4.69) is 111 Å². The summed E-state index contributed by atoms with van der Waals surface area (Å²) >= 11 is 0. The summed E-state index contributed by atoms with van der Waals surface area (Å²) in [5.74, 6) is 0. The maximum Gasteiger partial charge on any atom is 0.0713 e.